The summed E-state index contributed by atoms with van der Waals surface area (Å²) in [5.74, 6) is 0.485. The van der Waals surface area contributed by atoms with E-state index in [2.05, 4.69) is 15.5 Å². The SMILES string of the molecule is CCS(=O)(=O)N1CCC(C(=O)Nc2nnc(-c3ccc(OC)cc3)s2)CC1. The lowest BCUT2D eigenvalue weighted by Gasteiger charge is -2.29. The fraction of sp³-hybridized carbons (Fsp3) is 0.471. The molecule has 0 bridgehead atoms. The van der Waals surface area contributed by atoms with Gasteiger partial charge in [0.15, 0.2) is 0 Å². The average Bonchev–Trinajstić information content (AvgIpc) is 3.16. The van der Waals surface area contributed by atoms with Crippen molar-refractivity contribution in [2.45, 2.75) is 19.8 Å². The Bertz CT molecular complexity index is 888. The highest BCUT2D eigenvalue weighted by molar-refractivity contribution is 7.89. The van der Waals surface area contributed by atoms with E-state index in [0.717, 1.165) is 11.3 Å². The van der Waals surface area contributed by atoms with Crippen molar-refractivity contribution in [1.82, 2.24) is 14.5 Å². The maximum atomic E-state index is 12.5. The smallest absolute Gasteiger partial charge is 0.229 e. The van der Waals surface area contributed by atoms with Crippen molar-refractivity contribution in [2.24, 2.45) is 5.92 Å². The van der Waals surface area contributed by atoms with Gasteiger partial charge in [0.25, 0.3) is 0 Å². The second kappa shape index (κ2) is 8.32. The van der Waals surface area contributed by atoms with Gasteiger partial charge in [-0.1, -0.05) is 11.3 Å². The zero-order valence-corrected chi connectivity index (χ0v) is 16.8. The number of hydrogen-bond acceptors (Lipinski definition) is 7. The highest BCUT2D eigenvalue weighted by atomic mass is 32.2. The van der Waals surface area contributed by atoms with Crippen molar-refractivity contribution in [3.63, 3.8) is 0 Å². The Labute approximate surface area is 162 Å². The number of benzene rings is 1. The minimum absolute atomic E-state index is 0.0861. The van der Waals surface area contributed by atoms with Crippen LogP contribution >= 0.6 is 11.3 Å². The first-order chi connectivity index (χ1) is 12.9. The van der Waals surface area contributed by atoms with E-state index in [4.69, 9.17) is 4.74 Å². The van der Waals surface area contributed by atoms with Crippen molar-refractivity contribution in [3.8, 4) is 16.3 Å². The number of nitrogens with zero attached hydrogens (tertiary/aromatic N) is 3. The summed E-state index contributed by atoms with van der Waals surface area (Å²) in [6.45, 7) is 2.38. The summed E-state index contributed by atoms with van der Waals surface area (Å²) in [7, 11) is -1.58. The summed E-state index contributed by atoms with van der Waals surface area (Å²) in [4.78, 5) is 12.5. The molecule has 2 heterocycles. The van der Waals surface area contributed by atoms with Crippen molar-refractivity contribution in [1.29, 1.82) is 0 Å². The number of rotatable bonds is 6. The second-order valence-corrected chi connectivity index (χ2v) is 9.44. The number of ether oxygens (including phenoxy) is 1. The van der Waals surface area contributed by atoms with Crippen LogP contribution in [0.2, 0.25) is 0 Å². The van der Waals surface area contributed by atoms with Gasteiger partial charge in [-0.25, -0.2) is 12.7 Å². The predicted molar refractivity (Wildman–Crippen MR) is 104 cm³/mol. The van der Waals surface area contributed by atoms with Crippen LogP contribution in [0, 0.1) is 5.92 Å². The molecule has 1 aliphatic rings. The van der Waals surface area contributed by atoms with Crippen LogP contribution in [-0.2, 0) is 14.8 Å². The number of aromatic nitrogens is 2. The molecule has 1 fully saturated rings. The molecule has 1 amide bonds. The Morgan fingerprint density at radius 2 is 1.93 bits per heavy atom. The monoisotopic (exact) mass is 410 g/mol. The summed E-state index contributed by atoms with van der Waals surface area (Å²) in [5.41, 5.74) is 0.895. The third-order valence-electron chi connectivity index (χ3n) is 4.58. The highest BCUT2D eigenvalue weighted by Crippen LogP contribution is 2.29. The lowest BCUT2D eigenvalue weighted by Crippen LogP contribution is -2.42. The first-order valence-corrected chi connectivity index (χ1v) is 11.1. The number of piperidine rings is 1. The molecule has 0 atom stereocenters. The Balaban J connectivity index is 1.58. The normalized spacial score (nSPS) is 16.2. The molecule has 10 heteroatoms. The summed E-state index contributed by atoms with van der Waals surface area (Å²) in [6, 6.07) is 7.45. The molecule has 0 aliphatic carbocycles. The number of carbonyl (C=O) groups excluding carboxylic acids is 1. The standard InChI is InChI=1S/C17H22N4O4S2/c1-3-27(23,24)21-10-8-12(9-11-21)15(22)18-17-20-19-16(26-17)13-4-6-14(25-2)7-5-13/h4-7,12H,3,8-11H2,1-2H3,(H,18,20,22). The van der Waals surface area contributed by atoms with Crippen LogP contribution in [0.25, 0.3) is 10.6 Å². The molecule has 1 saturated heterocycles. The summed E-state index contributed by atoms with van der Waals surface area (Å²) >= 11 is 1.30. The van der Waals surface area contributed by atoms with Gasteiger partial charge in [0.2, 0.25) is 21.1 Å². The van der Waals surface area contributed by atoms with Crippen LogP contribution < -0.4 is 10.1 Å². The average molecular weight is 411 g/mol. The molecule has 0 spiro atoms. The van der Waals surface area contributed by atoms with Gasteiger partial charge in [0.05, 0.1) is 12.9 Å². The molecule has 3 rings (SSSR count). The van der Waals surface area contributed by atoms with Crippen molar-refractivity contribution in [2.75, 3.05) is 31.3 Å². The van der Waals surface area contributed by atoms with Gasteiger partial charge < -0.3 is 10.1 Å². The van der Waals surface area contributed by atoms with Crippen LogP contribution in [0.3, 0.4) is 0 Å². The van der Waals surface area contributed by atoms with Crippen molar-refractivity contribution < 1.29 is 17.9 Å². The third kappa shape index (κ3) is 4.63. The highest BCUT2D eigenvalue weighted by Gasteiger charge is 2.30. The molecule has 146 valence electrons. The van der Waals surface area contributed by atoms with E-state index >= 15 is 0 Å². The summed E-state index contributed by atoms with van der Waals surface area (Å²) in [5, 5.41) is 12.1. The third-order valence-corrected chi connectivity index (χ3v) is 7.34. The molecular weight excluding hydrogens is 388 g/mol. The molecule has 8 nitrogen and oxygen atoms in total. The lowest BCUT2D eigenvalue weighted by molar-refractivity contribution is -0.120. The van der Waals surface area contributed by atoms with Gasteiger partial charge in [-0.3, -0.25) is 4.79 Å². The maximum absolute atomic E-state index is 12.5. The molecule has 1 aromatic heterocycles. The van der Waals surface area contributed by atoms with Crippen LogP contribution in [0.5, 0.6) is 5.75 Å². The Morgan fingerprint density at radius 1 is 1.26 bits per heavy atom. The Morgan fingerprint density at radius 3 is 2.52 bits per heavy atom. The quantitative estimate of drug-likeness (QED) is 0.783. The van der Waals surface area contributed by atoms with Gasteiger partial charge in [0.1, 0.15) is 10.8 Å². The molecule has 0 radical (unpaired) electrons. The van der Waals surface area contributed by atoms with Crippen LogP contribution in [-0.4, -0.2) is 54.8 Å². The number of sulfonamides is 1. The molecule has 27 heavy (non-hydrogen) atoms. The van der Waals surface area contributed by atoms with Crippen LogP contribution in [0.1, 0.15) is 19.8 Å². The van der Waals surface area contributed by atoms with Gasteiger partial charge in [0, 0.05) is 24.6 Å². The summed E-state index contributed by atoms with van der Waals surface area (Å²) < 4.78 is 30.4. The van der Waals surface area contributed by atoms with Crippen molar-refractivity contribution in [3.05, 3.63) is 24.3 Å². The summed E-state index contributed by atoms with van der Waals surface area (Å²) in [6.07, 6.45) is 1.02. The molecule has 2 aromatic rings. The van der Waals surface area contributed by atoms with E-state index < -0.39 is 10.0 Å². The van der Waals surface area contributed by atoms with Crippen molar-refractivity contribution >= 4 is 32.4 Å². The predicted octanol–water partition coefficient (Wildman–Crippen LogP) is 2.21. The van der Waals surface area contributed by atoms with Crippen LogP contribution in [0.15, 0.2) is 24.3 Å². The first kappa shape index (κ1) is 19.7. The van der Waals surface area contributed by atoms with E-state index in [-0.39, 0.29) is 17.6 Å². The molecular formula is C17H22N4O4S2. The molecule has 1 N–H and O–H groups in total. The Kier molecular flexibility index (Phi) is 6.08. The fourth-order valence-corrected chi connectivity index (χ4v) is 4.79. The minimum atomic E-state index is -3.19. The van der Waals surface area contributed by atoms with E-state index in [1.165, 1.54) is 15.6 Å². The van der Waals surface area contributed by atoms with Gasteiger partial charge in [-0.05, 0) is 44.0 Å². The second-order valence-electron chi connectivity index (χ2n) is 6.20. The fourth-order valence-electron chi connectivity index (χ4n) is 2.91. The maximum Gasteiger partial charge on any atom is 0.229 e. The number of hydrogen-bond donors (Lipinski definition) is 1. The van der Waals surface area contributed by atoms with E-state index in [1.54, 1.807) is 14.0 Å². The number of methoxy groups -OCH3 is 1. The van der Waals surface area contributed by atoms with Gasteiger partial charge in [-0.2, -0.15) is 0 Å². The van der Waals surface area contributed by atoms with Crippen LogP contribution in [0.4, 0.5) is 5.13 Å². The Hall–Kier alpha value is -2.04. The van der Waals surface area contributed by atoms with E-state index in [0.29, 0.717) is 36.1 Å². The van der Waals surface area contributed by atoms with Gasteiger partial charge >= 0.3 is 0 Å². The van der Waals surface area contributed by atoms with Gasteiger partial charge in [-0.15, -0.1) is 10.2 Å². The number of amides is 1. The number of anilines is 1. The zero-order chi connectivity index (χ0) is 19.4. The minimum Gasteiger partial charge on any atom is -0.497 e. The molecule has 1 aromatic carbocycles. The lowest BCUT2D eigenvalue weighted by atomic mass is 9.97. The number of carbonyl (C=O) groups is 1. The molecule has 0 saturated carbocycles. The first-order valence-electron chi connectivity index (χ1n) is 8.69. The molecule has 1 aliphatic heterocycles. The topological polar surface area (TPSA) is 101 Å². The largest absolute Gasteiger partial charge is 0.497 e. The zero-order valence-electron chi connectivity index (χ0n) is 15.2. The van der Waals surface area contributed by atoms with E-state index in [1.807, 2.05) is 24.3 Å². The number of nitrogens with one attached hydrogen (secondary N) is 1. The molecule has 0 unspecified atom stereocenters. The van der Waals surface area contributed by atoms with E-state index in [9.17, 15) is 13.2 Å².